The van der Waals surface area contributed by atoms with Gasteiger partial charge in [0.15, 0.2) is 0 Å². The van der Waals surface area contributed by atoms with E-state index in [9.17, 15) is 4.79 Å². The highest BCUT2D eigenvalue weighted by Gasteiger charge is 2.32. The number of para-hydroxylation sites is 1. The van der Waals surface area contributed by atoms with Crippen LogP contribution in [0.5, 0.6) is 0 Å². The normalized spacial score (nSPS) is 17.3. The summed E-state index contributed by atoms with van der Waals surface area (Å²) in [5, 5.41) is 0.764. The van der Waals surface area contributed by atoms with Gasteiger partial charge in [0.1, 0.15) is 4.83 Å². The average Bonchev–Trinajstić information content (AvgIpc) is 2.99. The Morgan fingerprint density at radius 3 is 2.65 bits per heavy atom. The van der Waals surface area contributed by atoms with Gasteiger partial charge < -0.3 is 0 Å². The molecule has 0 bridgehead atoms. The summed E-state index contributed by atoms with van der Waals surface area (Å²) in [5.74, 6) is 6.69. The third-order valence-electron chi connectivity index (χ3n) is 5.45. The summed E-state index contributed by atoms with van der Waals surface area (Å²) in [7, 11) is 0. The molecule has 136 valence electrons. The second-order valence-corrected chi connectivity index (χ2v) is 9.13. The lowest BCUT2D eigenvalue weighted by molar-refractivity contribution is 0.218. The number of rotatable bonds is 2. The zero-order valence-corrected chi connectivity index (χ0v) is 16.2. The molecule has 2 heterocycles. The van der Waals surface area contributed by atoms with Crippen molar-refractivity contribution in [2.24, 2.45) is 17.2 Å². The molecule has 0 spiro atoms. The van der Waals surface area contributed by atoms with Crippen LogP contribution in [0.2, 0.25) is 0 Å². The molecule has 0 radical (unpaired) electrons. The molecule has 1 aromatic carbocycles. The Balaban J connectivity index is 1.93. The van der Waals surface area contributed by atoms with Gasteiger partial charge in [-0.2, -0.15) is 0 Å². The van der Waals surface area contributed by atoms with Gasteiger partial charge in [-0.3, -0.25) is 10.2 Å². The fourth-order valence-corrected chi connectivity index (χ4v) is 5.17. The number of fused-ring (bicyclic) bond motifs is 3. The number of nitrogens with two attached hydrogens (primary N) is 1. The van der Waals surface area contributed by atoms with Crippen LogP contribution in [0.4, 0.5) is 5.95 Å². The fraction of sp³-hybridized carbons (Fsp3) is 0.400. The molecule has 1 aliphatic rings. The average molecular weight is 369 g/mol. The van der Waals surface area contributed by atoms with E-state index in [2.05, 4.69) is 31.2 Å². The first kappa shape index (κ1) is 17.2. The van der Waals surface area contributed by atoms with Crippen LogP contribution in [-0.4, -0.2) is 9.55 Å². The molecule has 3 N–H and O–H groups in total. The summed E-state index contributed by atoms with van der Waals surface area (Å²) in [6.45, 7) is 6.90. The van der Waals surface area contributed by atoms with Gasteiger partial charge >= 0.3 is 0 Å². The first-order valence-electron chi connectivity index (χ1n) is 8.99. The van der Waals surface area contributed by atoms with E-state index in [1.54, 1.807) is 15.9 Å². The van der Waals surface area contributed by atoms with E-state index < -0.39 is 0 Å². The van der Waals surface area contributed by atoms with Crippen LogP contribution in [0, 0.1) is 11.3 Å². The van der Waals surface area contributed by atoms with Crippen molar-refractivity contribution in [3.05, 3.63) is 51.1 Å². The number of nitrogens with one attached hydrogen (secondary N) is 1. The predicted octanol–water partition coefficient (Wildman–Crippen LogP) is 3.88. The Hall–Kier alpha value is -2.18. The van der Waals surface area contributed by atoms with Crippen molar-refractivity contribution >= 4 is 27.5 Å². The second-order valence-electron chi connectivity index (χ2n) is 8.05. The second kappa shape index (κ2) is 6.21. The zero-order chi connectivity index (χ0) is 18.5. The summed E-state index contributed by atoms with van der Waals surface area (Å²) in [4.78, 5) is 20.1. The summed E-state index contributed by atoms with van der Waals surface area (Å²) in [6.07, 6.45) is 3.08. The minimum Gasteiger partial charge on any atom is -0.293 e. The largest absolute Gasteiger partial charge is 0.293 e. The fourth-order valence-electron chi connectivity index (χ4n) is 3.88. The lowest BCUT2D eigenvalue weighted by Crippen LogP contribution is -2.28. The molecule has 0 fully saturated rings. The smallest absolute Gasteiger partial charge is 0.268 e. The number of thiophene rings is 1. The molecule has 4 rings (SSSR count). The van der Waals surface area contributed by atoms with Gasteiger partial charge in [-0.1, -0.05) is 39.0 Å². The van der Waals surface area contributed by atoms with Crippen molar-refractivity contribution in [1.82, 2.24) is 9.55 Å². The van der Waals surface area contributed by atoms with Crippen LogP contribution < -0.4 is 16.8 Å². The lowest BCUT2D eigenvalue weighted by atomic mass is 9.72. The van der Waals surface area contributed by atoms with Crippen molar-refractivity contribution in [3.63, 3.8) is 0 Å². The number of aryl methyl sites for hydroxylation is 1. The summed E-state index contributed by atoms with van der Waals surface area (Å²) in [5.41, 5.74) is 4.79. The number of hydrogen-bond acceptors (Lipinski definition) is 5. The molecule has 2 aromatic heterocycles. The Morgan fingerprint density at radius 1 is 1.27 bits per heavy atom. The van der Waals surface area contributed by atoms with E-state index in [1.165, 1.54) is 10.4 Å². The number of hydrogen-bond donors (Lipinski definition) is 2. The quantitative estimate of drug-likeness (QED) is 0.532. The molecule has 0 aliphatic heterocycles. The van der Waals surface area contributed by atoms with E-state index >= 15 is 0 Å². The molecule has 6 heteroatoms. The Bertz CT molecular complexity index is 1010. The molecular formula is C20H24N4OS. The Kier molecular flexibility index (Phi) is 4.12. The Labute approximate surface area is 156 Å². The molecule has 5 nitrogen and oxygen atoms in total. The van der Waals surface area contributed by atoms with Crippen LogP contribution in [0.15, 0.2) is 35.1 Å². The number of benzene rings is 1. The van der Waals surface area contributed by atoms with Crippen LogP contribution in [0.3, 0.4) is 0 Å². The topological polar surface area (TPSA) is 72.9 Å². The van der Waals surface area contributed by atoms with E-state index in [-0.39, 0.29) is 11.0 Å². The van der Waals surface area contributed by atoms with Gasteiger partial charge in [0.25, 0.3) is 5.56 Å². The van der Waals surface area contributed by atoms with Crippen molar-refractivity contribution in [1.29, 1.82) is 0 Å². The molecule has 1 unspecified atom stereocenters. The molecule has 1 atom stereocenters. The first-order valence-corrected chi connectivity index (χ1v) is 9.81. The monoisotopic (exact) mass is 368 g/mol. The Morgan fingerprint density at radius 2 is 2.00 bits per heavy atom. The summed E-state index contributed by atoms with van der Waals surface area (Å²) < 4.78 is 1.57. The number of nitrogen functional groups attached to an aromatic ring is 1. The molecule has 26 heavy (non-hydrogen) atoms. The number of hydrazine groups is 1. The van der Waals surface area contributed by atoms with Crippen LogP contribution in [0.1, 0.15) is 37.6 Å². The highest BCUT2D eigenvalue weighted by Crippen LogP contribution is 2.42. The zero-order valence-electron chi connectivity index (χ0n) is 15.4. The van der Waals surface area contributed by atoms with Gasteiger partial charge in [-0.05, 0) is 48.3 Å². The molecule has 3 aromatic rings. The highest BCUT2D eigenvalue weighted by molar-refractivity contribution is 7.18. The first-order chi connectivity index (χ1) is 12.4. The van der Waals surface area contributed by atoms with Gasteiger partial charge in [0, 0.05) is 4.88 Å². The minimum absolute atomic E-state index is 0.0409. The van der Waals surface area contributed by atoms with Crippen molar-refractivity contribution < 1.29 is 0 Å². The summed E-state index contributed by atoms with van der Waals surface area (Å²) >= 11 is 1.65. The summed E-state index contributed by atoms with van der Waals surface area (Å²) in [6, 6.07) is 9.52. The standard InChI is InChI=1S/C20H24N4OS/c1-20(2,3)12-9-10-14-15(11-12)26-17-16(14)18(25)24(19(22-17)23-21)13-7-5-4-6-8-13/h4-8,12H,9-11,21H2,1-3H3,(H,22,23). The number of anilines is 1. The maximum absolute atomic E-state index is 13.4. The molecule has 1 aliphatic carbocycles. The number of aromatic nitrogens is 2. The van der Waals surface area contributed by atoms with Crippen molar-refractivity contribution in [3.8, 4) is 5.69 Å². The van der Waals surface area contributed by atoms with Gasteiger partial charge in [0.2, 0.25) is 5.95 Å². The van der Waals surface area contributed by atoms with Crippen LogP contribution in [-0.2, 0) is 12.8 Å². The highest BCUT2D eigenvalue weighted by atomic mass is 32.1. The predicted molar refractivity (Wildman–Crippen MR) is 108 cm³/mol. The van der Waals surface area contributed by atoms with Crippen LogP contribution >= 0.6 is 11.3 Å². The van der Waals surface area contributed by atoms with E-state index in [1.807, 2.05) is 30.3 Å². The number of nitrogens with zero attached hydrogens (tertiary/aromatic N) is 2. The molecule has 0 saturated carbocycles. The van der Waals surface area contributed by atoms with Gasteiger partial charge in [0.05, 0.1) is 11.1 Å². The van der Waals surface area contributed by atoms with Crippen LogP contribution in [0.25, 0.3) is 15.9 Å². The molecule has 0 saturated heterocycles. The van der Waals surface area contributed by atoms with Gasteiger partial charge in [-0.25, -0.2) is 15.4 Å². The van der Waals surface area contributed by atoms with Crippen molar-refractivity contribution in [2.45, 2.75) is 40.0 Å². The molecular weight excluding hydrogens is 344 g/mol. The van der Waals surface area contributed by atoms with E-state index in [4.69, 9.17) is 5.84 Å². The maximum atomic E-state index is 13.4. The van der Waals surface area contributed by atoms with E-state index in [0.717, 1.165) is 35.2 Å². The SMILES string of the molecule is CC(C)(C)C1CCc2c(sc3nc(NN)n(-c4ccccc4)c(=O)c23)C1. The van der Waals surface area contributed by atoms with Gasteiger partial charge in [-0.15, -0.1) is 11.3 Å². The molecule has 0 amide bonds. The van der Waals surface area contributed by atoms with E-state index in [0.29, 0.717) is 11.9 Å². The maximum Gasteiger partial charge on any atom is 0.268 e. The minimum atomic E-state index is -0.0409. The lowest BCUT2D eigenvalue weighted by Gasteiger charge is -2.33. The third kappa shape index (κ3) is 2.73. The third-order valence-corrected chi connectivity index (χ3v) is 6.60. The van der Waals surface area contributed by atoms with Crippen molar-refractivity contribution in [2.75, 3.05) is 5.43 Å².